The molecule has 2 unspecified atom stereocenters. The van der Waals surface area contributed by atoms with Crippen LogP contribution in [0.25, 0.3) is 0 Å². The predicted molar refractivity (Wildman–Crippen MR) is 88.1 cm³/mol. The lowest BCUT2D eigenvalue weighted by Gasteiger charge is -2.30. The number of aliphatic carboxylic acids is 1. The van der Waals surface area contributed by atoms with E-state index >= 15 is 0 Å². The largest absolute Gasteiger partial charge is 0.480 e. The van der Waals surface area contributed by atoms with Gasteiger partial charge in [0.25, 0.3) is 0 Å². The van der Waals surface area contributed by atoms with E-state index in [-0.39, 0.29) is 43.2 Å². The number of para-hydroxylation sites is 1. The highest BCUT2D eigenvalue weighted by Crippen LogP contribution is 2.35. The second kappa shape index (κ2) is 6.82. The van der Waals surface area contributed by atoms with Crippen LogP contribution in [0.1, 0.15) is 6.42 Å². The monoisotopic (exact) mass is 350 g/mol. The molecule has 2 aliphatic heterocycles. The maximum atomic E-state index is 12.7. The van der Waals surface area contributed by atoms with Crippen LogP contribution in [0.2, 0.25) is 0 Å². The van der Waals surface area contributed by atoms with E-state index in [0.29, 0.717) is 5.69 Å². The highest BCUT2D eigenvalue weighted by molar-refractivity contribution is 8.00. The molecule has 2 amide bonds. The molecule has 1 N–H and O–H groups in total. The Morgan fingerprint density at radius 2 is 2.12 bits per heavy atom. The molecule has 24 heavy (non-hydrogen) atoms. The minimum Gasteiger partial charge on any atom is -0.480 e. The summed E-state index contributed by atoms with van der Waals surface area (Å²) < 4.78 is 5.20. The van der Waals surface area contributed by atoms with Crippen LogP contribution in [-0.2, 0) is 19.1 Å². The minimum absolute atomic E-state index is 0.151. The zero-order valence-corrected chi connectivity index (χ0v) is 14.0. The molecule has 1 fully saturated rings. The molecular formula is C16H18N2O5S. The number of thioether (sulfide) groups is 1. The van der Waals surface area contributed by atoms with Crippen LogP contribution in [0.5, 0.6) is 0 Å². The molecule has 3 rings (SSSR count). The van der Waals surface area contributed by atoms with Gasteiger partial charge in [0, 0.05) is 25.0 Å². The van der Waals surface area contributed by atoms with Crippen molar-refractivity contribution in [1.29, 1.82) is 0 Å². The third-order valence-electron chi connectivity index (χ3n) is 4.30. The van der Waals surface area contributed by atoms with Crippen LogP contribution in [0.15, 0.2) is 29.2 Å². The summed E-state index contributed by atoms with van der Waals surface area (Å²) in [5.74, 6) is -1.31. The van der Waals surface area contributed by atoms with Crippen molar-refractivity contribution in [3.8, 4) is 0 Å². The SMILES string of the molecule is COC1CC(C(=O)O)N(C(=O)CN2C(=O)CSc3ccccc32)C1. The zero-order valence-electron chi connectivity index (χ0n) is 13.2. The second-order valence-electron chi connectivity index (χ2n) is 5.73. The van der Waals surface area contributed by atoms with Crippen molar-refractivity contribution in [2.24, 2.45) is 0 Å². The first-order chi connectivity index (χ1) is 11.5. The Hall–Kier alpha value is -2.06. The molecule has 2 heterocycles. The van der Waals surface area contributed by atoms with Crippen molar-refractivity contribution in [2.45, 2.75) is 23.5 Å². The number of amides is 2. The van der Waals surface area contributed by atoms with Crippen molar-refractivity contribution in [2.75, 3.05) is 30.9 Å². The molecule has 2 atom stereocenters. The number of ether oxygens (including phenoxy) is 1. The molecule has 1 aromatic carbocycles. The highest BCUT2D eigenvalue weighted by atomic mass is 32.2. The number of rotatable bonds is 4. The molecule has 0 aliphatic carbocycles. The summed E-state index contributed by atoms with van der Waals surface area (Å²) in [6, 6.07) is 6.48. The minimum atomic E-state index is -1.05. The van der Waals surface area contributed by atoms with Gasteiger partial charge < -0.3 is 19.6 Å². The Morgan fingerprint density at radius 1 is 1.38 bits per heavy atom. The van der Waals surface area contributed by atoms with Crippen LogP contribution in [0.4, 0.5) is 5.69 Å². The fraction of sp³-hybridized carbons (Fsp3) is 0.438. The van der Waals surface area contributed by atoms with Gasteiger partial charge in [-0.05, 0) is 12.1 Å². The molecule has 128 valence electrons. The molecule has 2 aliphatic rings. The van der Waals surface area contributed by atoms with E-state index in [2.05, 4.69) is 0 Å². The van der Waals surface area contributed by atoms with Gasteiger partial charge in [-0.25, -0.2) is 4.79 Å². The van der Waals surface area contributed by atoms with Gasteiger partial charge in [-0.2, -0.15) is 0 Å². The number of hydrogen-bond acceptors (Lipinski definition) is 5. The van der Waals surface area contributed by atoms with Crippen LogP contribution in [0.3, 0.4) is 0 Å². The van der Waals surface area contributed by atoms with E-state index in [0.717, 1.165) is 4.90 Å². The molecule has 8 heteroatoms. The normalized spacial score (nSPS) is 23.3. The Labute approximate surface area is 143 Å². The first-order valence-electron chi connectivity index (χ1n) is 7.58. The first kappa shape index (κ1) is 16.8. The van der Waals surface area contributed by atoms with Gasteiger partial charge in [-0.15, -0.1) is 11.8 Å². The quantitative estimate of drug-likeness (QED) is 0.865. The number of nitrogens with zero attached hydrogens (tertiary/aromatic N) is 2. The van der Waals surface area contributed by atoms with Crippen LogP contribution < -0.4 is 4.90 Å². The molecule has 1 aromatic rings. The number of likely N-dealkylation sites (tertiary alicyclic amines) is 1. The zero-order chi connectivity index (χ0) is 17.3. The van der Waals surface area contributed by atoms with Crippen molar-refractivity contribution in [3.63, 3.8) is 0 Å². The molecule has 0 spiro atoms. The maximum Gasteiger partial charge on any atom is 0.326 e. The summed E-state index contributed by atoms with van der Waals surface area (Å²) >= 11 is 1.44. The van der Waals surface area contributed by atoms with Crippen LogP contribution in [-0.4, -0.2) is 65.9 Å². The number of carboxylic acids is 1. The number of anilines is 1. The lowest BCUT2D eigenvalue weighted by molar-refractivity contribution is -0.147. The van der Waals surface area contributed by atoms with Crippen LogP contribution >= 0.6 is 11.8 Å². The topological polar surface area (TPSA) is 87.2 Å². The van der Waals surface area contributed by atoms with Gasteiger partial charge >= 0.3 is 5.97 Å². The van der Waals surface area contributed by atoms with E-state index in [9.17, 15) is 19.5 Å². The Balaban J connectivity index is 1.79. The van der Waals surface area contributed by atoms with Gasteiger partial charge in [0.15, 0.2) is 0 Å². The van der Waals surface area contributed by atoms with E-state index in [1.54, 1.807) is 6.07 Å². The lowest BCUT2D eigenvalue weighted by Crippen LogP contribution is -2.48. The van der Waals surface area contributed by atoms with E-state index in [4.69, 9.17) is 4.74 Å². The standard InChI is InChI=1S/C16H18N2O5S/c1-23-10-6-12(16(21)22)17(7-10)14(19)8-18-11-4-2-3-5-13(11)24-9-15(18)20/h2-5,10,12H,6-9H2,1H3,(H,21,22). The highest BCUT2D eigenvalue weighted by Gasteiger charge is 2.40. The second-order valence-corrected chi connectivity index (χ2v) is 6.75. The lowest BCUT2D eigenvalue weighted by atomic mass is 10.2. The smallest absolute Gasteiger partial charge is 0.326 e. The van der Waals surface area contributed by atoms with Gasteiger partial charge in [0.2, 0.25) is 11.8 Å². The Kier molecular flexibility index (Phi) is 4.77. The average molecular weight is 350 g/mol. The number of carbonyl (C=O) groups excluding carboxylic acids is 2. The summed E-state index contributed by atoms with van der Waals surface area (Å²) in [6.45, 7) is 0.0708. The van der Waals surface area contributed by atoms with Crippen molar-refractivity contribution in [1.82, 2.24) is 4.90 Å². The Morgan fingerprint density at radius 3 is 2.83 bits per heavy atom. The molecule has 1 saturated heterocycles. The average Bonchev–Trinajstić information content (AvgIpc) is 3.02. The van der Waals surface area contributed by atoms with E-state index in [1.807, 2.05) is 18.2 Å². The molecule has 7 nitrogen and oxygen atoms in total. The third-order valence-corrected chi connectivity index (χ3v) is 5.35. The van der Waals surface area contributed by atoms with Gasteiger partial charge in [-0.3, -0.25) is 9.59 Å². The van der Waals surface area contributed by atoms with Gasteiger partial charge in [0.05, 0.1) is 17.5 Å². The van der Waals surface area contributed by atoms with Crippen molar-refractivity contribution in [3.05, 3.63) is 24.3 Å². The van der Waals surface area contributed by atoms with E-state index in [1.165, 1.54) is 28.7 Å². The number of hydrogen-bond donors (Lipinski definition) is 1. The maximum absolute atomic E-state index is 12.7. The number of carbonyl (C=O) groups is 3. The molecule has 0 aromatic heterocycles. The fourth-order valence-corrected chi connectivity index (χ4v) is 3.97. The number of fused-ring (bicyclic) bond motifs is 1. The van der Waals surface area contributed by atoms with Gasteiger partial charge in [-0.1, -0.05) is 12.1 Å². The van der Waals surface area contributed by atoms with Crippen molar-refractivity contribution < 1.29 is 24.2 Å². The molecule has 0 radical (unpaired) electrons. The molecule has 0 saturated carbocycles. The molecule has 0 bridgehead atoms. The summed E-state index contributed by atoms with van der Waals surface area (Å²) in [6.07, 6.45) is -0.0345. The summed E-state index contributed by atoms with van der Waals surface area (Å²) in [7, 11) is 1.50. The Bertz CT molecular complexity index is 680. The first-order valence-corrected chi connectivity index (χ1v) is 8.57. The summed E-state index contributed by atoms with van der Waals surface area (Å²) in [5.41, 5.74) is 0.696. The predicted octanol–water partition coefficient (Wildman–Crippen LogP) is 0.826. The van der Waals surface area contributed by atoms with Gasteiger partial charge in [0.1, 0.15) is 12.6 Å². The van der Waals surface area contributed by atoms with E-state index < -0.39 is 12.0 Å². The third kappa shape index (κ3) is 3.11. The number of methoxy groups -OCH3 is 1. The number of carboxylic acid groups (broad SMARTS) is 1. The summed E-state index contributed by atoms with van der Waals surface area (Å²) in [4.78, 5) is 40.0. The van der Waals surface area contributed by atoms with Crippen molar-refractivity contribution >= 4 is 35.2 Å². The fourth-order valence-electron chi connectivity index (χ4n) is 3.03. The van der Waals surface area contributed by atoms with Crippen LogP contribution in [0, 0.1) is 0 Å². The molecular weight excluding hydrogens is 332 g/mol. The number of benzene rings is 1. The summed E-state index contributed by atoms with van der Waals surface area (Å²) in [5, 5.41) is 9.33.